The number of halogens is 2. The highest BCUT2D eigenvalue weighted by molar-refractivity contribution is 8.04. The van der Waals surface area contributed by atoms with Gasteiger partial charge in [0.15, 0.2) is 7.51 Å². The van der Waals surface area contributed by atoms with Crippen molar-refractivity contribution in [2.45, 2.75) is 13.0 Å². The molecule has 0 aliphatic heterocycles. The average molecular weight is 455 g/mol. The van der Waals surface area contributed by atoms with Crippen molar-refractivity contribution in [1.29, 1.82) is 5.26 Å². The van der Waals surface area contributed by atoms with Gasteiger partial charge < -0.3 is 9.84 Å². The van der Waals surface area contributed by atoms with E-state index < -0.39 is 16.0 Å². The number of rotatable bonds is 4. The molecule has 28 heavy (non-hydrogen) atoms. The molecule has 1 heterocycles. The van der Waals surface area contributed by atoms with Gasteiger partial charge in [-0.3, -0.25) is 4.34 Å². The lowest BCUT2D eigenvalue weighted by Gasteiger charge is -2.17. The van der Waals surface area contributed by atoms with Gasteiger partial charge in [0.05, 0.1) is 35.0 Å². The van der Waals surface area contributed by atoms with Crippen LogP contribution in [-0.4, -0.2) is 25.0 Å². The van der Waals surface area contributed by atoms with Crippen molar-refractivity contribution in [2.24, 2.45) is 0 Å². The van der Waals surface area contributed by atoms with Gasteiger partial charge in [-0.2, -0.15) is 13.7 Å². The number of nitrogens with zero attached hydrogens (tertiary/aromatic N) is 2. The predicted octanol–water partition coefficient (Wildman–Crippen LogP) is 4.72. The van der Waals surface area contributed by atoms with Gasteiger partial charge >= 0.3 is 0 Å². The number of aryl methyl sites for hydroxylation is 1. The van der Waals surface area contributed by atoms with Crippen LogP contribution in [0.1, 0.15) is 28.5 Å². The Morgan fingerprint density at radius 3 is 2.61 bits per heavy atom. The number of hydrogen-bond acceptors (Lipinski definition) is 5. The van der Waals surface area contributed by atoms with Gasteiger partial charge in [0.1, 0.15) is 11.9 Å². The van der Waals surface area contributed by atoms with Crippen molar-refractivity contribution in [1.82, 2.24) is 4.34 Å². The van der Waals surface area contributed by atoms with Gasteiger partial charge in [0.25, 0.3) is 9.88 Å². The van der Waals surface area contributed by atoms with E-state index in [4.69, 9.17) is 27.9 Å². The van der Waals surface area contributed by atoms with Crippen LogP contribution >= 0.6 is 30.7 Å². The molecule has 0 amide bonds. The first-order valence-electron chi connectivity index (χ1n) is 7.86. The molecule has 3 rings (SSSR count). The normalized spacial score (nSPS) is 12.1. The maximum Gasteiger partial charge on any atom is 0.257 e. The molecule has 0 aliphatic rings. The molecular weight excluding hydrogens is 442 g/mol. The molecule has 0 saturated heterocycles. The molecule has 0 radical (unpaired) electrons. The van der Waals surface area contributed by atoms with E-state index in [1.54, 1.807) is 37.3 Å². The fourth-order valence-corrected chi connectivity index (χ4v) is 5.26. The Morgan fingerprint density at radius 2 is 2.00 bits per heavy atom. The number of aliphatic hydroxyl groups is 1. The Hall–Kier alpha value is -2.07. The number of methoxy groups -OCH3 is 1. The van der Waals surface area contributed by atoms with E-state index in [0.717, 1.165) is 5.56 Å². The Labute approximate surface area is 173 Å². The van der Waals surface area contributed by atoms with E-state index in [2.05, 4.69) is 6.07 Å². The summed E-state index contributed by atoms with van der Waals surface area (Å²) in [6.07, 6.45) is -1.32. The van der Waals surface area contributed by atoms with E-state index in [1.165, 1.54) is 11.4 Å². The lowest BCUT2D eigenvalue weighted by molar-refractivity contribution is 0.215. The standard InChI is InChI=1S/C18H13Cl2N2O4PS/c1-9-5-10(8-21)6-13-11(9)7-14(22(13)27-28(24)25)18(23)16-12(19)3-4-15(26-2)17(16)20/h3-7,18,23H,1-2H3. The van der Waals surface area contributed by atoms with Crippen molar-refractivity contribution in [2.75, 3.05) is 7.11 Å². The lowest BCUT2D eigenvalue weighted by Crippen LogP contribution is -2.05. The molecule has 1 atom stereocenters. The van der Waals surface area contributed by atoms with E-state index in [0.29, 0.717) is 22.2 Å². The smallest absolute Gasteiger partial charge is 0.257 e. The third-order valence-electron chi connectivity index (χ3n) is 4.27. The number of ether oxygens (including phenoxy) is 1. The SMILES string of the molecule is COc1ccc(Cl)c(C(O)c2cc3c(C)cc(C#N)cc3n2P=S(=O)=O)c1Cl. The maximum absolute atomic E-state index is 11.4. The number of aliphatic hydroxyl groups excluding tert-OH is 1. The second-order valence-electron chi connectivity index (χ2n) is 5.90. The average Bonchev–Trinajstić information content (AvgIpc) is 3.00. The van der Waals surface area contributed by atoms with Crippen molar-refractivity contribution in [3.8, 4) is 11.8 Å². The Morgan fingerprint density at radius 1 is 1.29 bits per heavy atom. The van der Waals surface area contributed by atoms with Crippen LogP contribution in [0.5, 0.6) is 5.75 Å². The minimum atomic E-state index is -2.47. The van der Waals surface area contributed by atoms with Crippen molar-refractivity contribution in [3.05, 3.63) is 62.8 Å². The molecular formula is C18H13Cl2N2O4PS. The molecule has 0 spiro atoms. The fourth-order valence-electron chi connectivity index (χ4n) is 3.01. The number of aromatic nitrogens is 1. The summed E-state index contributed by atoms with van der Waals surface area (Å²) in [5.41, 5.74) is 2.14. The van der Waals surface area contributed by atoms with Crippen LogP contribution in [0.3, 0.4) is 0 Å². The second-order valence-corrected chi connectivity index (χ2v) is 9.06. The molecule has 10 heteroatoms. The number of nitriles is 1. The molecule has 144 valence electrons. The highest BCUT2D eigenvalue weighted by Gasteiger charge is 2.25. The summed E-state index contributed by atoms with van der Waals surface area (Å²) in [5.74, 6) is 0.329. The summed E-state index contributed by atoms with van der Waals surface area (Å²) in [6, 6.07) is 10.1. The van der Waals surface area contributed by atoms with Gasteiger partial charge in [0.2, 0.25) is 0 Å². The molecule has 1 N–H and O–H groups in total. The van der Waals surface area contributed by atoms with E-state index >= 15 is 0 Å². The third-order valence-corrected chi connectivity index (χ3v) is 6.62. The quantitative estimate of drug-likeness (QED) is 0.575. The van der Waals surface area contributed by atoms with Crippen molar-refractivity contribution < 1.29 is 18.3 Å². The second kappa shape index (κ2) is 8.12. The predicted molar refractivity (Wildman–Crippen MR) is 110 cm³/mol. The topological polar surface area (TPSA) is 92.3 Å². The van der Waals surface area contributed by atoms with Crippen LogP contribution in [0.25, 0.3) is 10.9 Å². The molecule has 6 nitrogen and oxygen atoms in total. The minimum Gasteiger partial charge on any atom is -0.495 e. The van der Waals surface area contributed by atoms with Gasteiger partial charge in [-0.05, 0) is 42.8 Å². The molecule has 0 aliphatic carbocycles. The minimum absolute atomic E-state index is 0.106. The molecule has 0 fully saturated rings. The van der Waals surface area contributed by atoms with Gasteiger partial charge in [-0.15, -0.1) is 0 Å². The summed E-state index contributed by atoms with van der Waals surface area (Å²) < 4.78 is 29.5. The summed E-state index contributed by atoms with van der Waals surface area (Å²) in [6.45, 7) is 1.81. The van der Waals surface area contributed by atoms with Crippen LogP contribution in [0, 0.1) is 18.3 Å². The third kappa shape index (κ3) is 3.62. The Kier molecular flexibility index (Phi) is 5.99. The number of fused-ring (bicyclic) bond motifs is 1. The van der Waals surface area contributed by atoms with Crippen molar-refractivity contribution >= 4 is 51.5 Å². The summed E-state index contributed by atoms with van der Waals surface area (Å²) in [4.78, 5) is 0. The van der Waals surface area contributed by atoms with E-state index in [1.807, 2.05) is 0 Å². The largest absolute Gasteiger partial charge is 0.495 e. The first-order valence-corrected chi connectivity index (χ1v) is 11.1. The van der Waals surface area contributed by atoms with Crippen LogP contribution in [0.4, 0.5) is 0 Å². The summed E-state index contributed by atoms with van der Waals surface area (Å²) in [5, 5.41) is 21.4. The summed E-state index contributed by atoms with van der Waals surface area (Å²) in [7, 11) is -1.13. The zero-order chi connectivity index (χ0) is 20.6. The van der Waals surface area contributed by atoms with E-state index in [-0.39, 0.29) is 28.8 Å². The highest BCUT2D eigenvalue weighted by Crippen LogP contribution is 2.42. The van der Waals surface area contributed by atoms with Gasteiger partial charge in [-0.1, -0.05) is 23.2 Å². The lowest BCUT2D eigenvalue weighted by atomic mass is 10.0. The van der Waals surface area contributed by atoms with E-state index in [9.17, 15) is 18.8 Å². The first kappa shape index (κ1) is 20.7. The van der Waals surface area contributed by atoms with Crippen molar-refractivity contribution in [3.63, 3.8) is 0 Å². The molecule has 0 bridgehead atoms. The van der Waals surface area contributed by atoms with Crippen LogP contribution < -0.4 is 4.74 Å². The number of benzene rings is 2. The van der Waals surface area contributed by atoms with Crippen LogP contribution in [-0.2, 0) is 9.88 Å². The first-order chi connectivity index (χ1) is 13.3. The summed E-state index contributed by atoms with van der Waals surface area (Å²) >= 11 is 12.6. The Bertz CT molecular complexity index is 1270. The molecule has 2 aromatic carbocycles. The maximum atomic E-state index is 11.4. The Balaban J connectivity index is 2.37. The zero-order valence-electron chi connectivity index (χ0n) is 14.6. The highest BCUT2D eigenvalue weighted by atomic mass is 35.5. The van der Waals surface area contributed by atoms with Gasteiger partial charge in [0, 0.05) is 16.0 Å². The van der Waals surface area contributed by atoms with Gasteiger partial charge in [-0.25, -0.2) is 0 Å². The zero-order valence-corrected chi connectivity index (χ0v) is 17.9. The fraction of sp³-hybridized carbons (Fsp3) is 0.167. The molecule has 1 aromatic heterocycles. The monoisotopic (exact) mass is 454 g/mol. The molecule has 1 unspecified atom stereocenters. The van der Waals surface area contributed by atoms with Crippen LogP contribution in [0.15, 0.2) is 30.3 Å². The number of hydrogen-bond donors (Lipinski definition) is 1. The molecule has 0 saturated carbocycles. The van der Waals surface area contributed by atoms with Crippen LogP contribution in [0.2, 0.25) is 10.0 Å². The molecule has 3 aromatic rings.